The van der Waals surface area contributed by atoms with Gasteiger partial charge in [-0.15, -0.1) is 11.3 Å². The highest BCUT2D eigenvalue weighted by molar-refractivity contribution is 7.87. The minimum Gasteiger partial charge on any atom is -0.294 e. The molecule has 0 fully saturated rings. The van der Waals surface area contributed by atoms with Crippen LogP contribution in [0.1, 0.15) is 23.5 Å². The molecule has 0 radical (unpaired) electrons. The molecule has 1 rings (SSSR count). The van der Waals surface area contributed by atoms with Crippen LogP contribution in [-0.4, -0.2) is 15.7 Å². The molecule has 2 nitrogen and oxygen atoms in total. The quantitative estimate of drug-likeness (QED) is 0.703. The number of Topliss-reactive ketones (excluding diaryl/α,β-unsaturated/α-hetero) is 1. The number of ketones is 1. The highest BCUT2D eigenvalue weighted by atomic mass is 32.2. The molecule has 66 valence electrons. The molecule has 1 aromatic heterocycles. The molecule has 0 saturated carbocycles. The van der Waals surface area contributed by atoms with Crippen LogP contribution in [0.5, 0.6) is 0 Å². The van der Waals surface area contributed by atoms with E-state index in [4.69, 9.17) is 0 Å². The Morgan fingerprint density at radius 1 is 1.58 bits per heavy atom. The van der Waals surface area contributed by atoms with Crippen molar-refractivity contribution < 1.29 is 9.00 Å². The van der Waals surface area contributed by atoms with Crippen molar-refractivity contribution in [3.05, 3.63) is 17.0 Å². The van der Waals surface area contributed by atoms with Crippen LogP contribution in [0.2, 0.25) is 0 Å². The van der Waals surface area contributed by atoms with E-state index in [0.29, 0.717) is 10.6 Å². The van der Waals surface area contributed by atoms with E-state index in [2.05, 4.69) is 0 Å². The first-order valence-corrected chi connectivity index (χ1v) is 5.78. The maximum atomic E-state index is 11.3. The summed E-state index contributed by atoms with van der Waals surface area (Å²) in [6.45, 7) is 3.38. The van der Waals surface area contributed by atoms with Gasteiger partial charge in [0.2, 0.25) is 0 Å². The van der Waals surface area contributed by atoms with E-state index in [0.717, 1.165) is 4.21 Å². The third kappa shape index (κ3) is 2.01. The number of hydrogen-bond acceptors (Lipinski definition) is 3. The summed E-state index contributed by atoms with van der Waals surface area (Å²) < 4.78 is 12.1. The minimum atomic E-state index is -0.920. The van der Waals surface area contributed by atoms with Gasteiger partial charge < -0.3 is 0 Å². The summed E-state index contributed by atoms with van der Waals surface area (Å²) >= 11 is 1.32. The van der Waals surface area contributed by atoms with Gasteiger partial charge in [0.15, 0.2) is 5.78 Å². The molecular weight excluding hydrogens is 192 g/mol. The van der Waals surface area contributed by atoms with Gasteiger partial charge in [0.1, 0.15) is 0 Å². The minimum absolute atomic E-state index is 0.0411. The predicted octanol–water partition coefficient (Wildman–Crippen LogP) is 2.08. The van der Waals surface area contributed by atoms with Gasteiger partial charge in [0.25, 0.3) is 0 Å². The van der Waals surface area contributed by atoms with Crippen LogP contribution in [0, 0.1) is 0 Å². The fraction of sp³-hybridized carbons (Fsp3) is 0.375. The highest BCUT2D eigenvalue weighted by Gasteiger charge is 2.07. The fourth-order valence-electron chi connectivity index (χ4n) is 0.774. The third-order valence-corrected chi connectivity index (χ3v) is 4.31. The van der Waals surface area contributed by atoms with Crippen LogP contribution >= 0.6 is 11.3 Å². The fourth-order valence-corrected chi connectivity index (χ4v) is 2.91. The summed E-state index contributed by atoms with van der Waals surface area (Å²) in [6.07, 6.45) is 0. The summed E-state index contributed by atoms with van der Waals surface area (Å²) in [4.78, 5) is 11.6. The van der Waals surface area contributed by atoms with Crippen LogP contribution in [-0.2, 0) is 10.8 Å². The Bertz CT molecular complexity index is 315. The van der Waals surface area contributed by atoms with E-state index >= 15 is 0 Å². The van der Waals surface area contributed by atoms with Crippen molar-refractivity contribution in [2.24, 2.45) is 0 Å². The molecule has 0 saturated heterocycles. The predicted molar refractivity (Wildman–Crippen MR) is 51.3 cm³/mol. The second-order valence-electron chi connectivity index (χ2n) is 2.31. The number of thiophene rings is 1. The Kier molecular flexibility index (Phi) is 3.17. The summed E-state index contributed by atoms with van der Waals surface area (Å²) in [7, 11) is -0.920. The van der Waals surface area contributed by atoms with Gasteiger partial charge in [-0.3, -0.25) is 9.00 Å². The molecule has 0 aliphatic carbocycles. The zero-order valence-corrected chi connectivity index (χ0v) is 8.63. The Labute approximate surface area is 78.1 Å². The second-order valence-corrected chi connectivity index (χ2v) is 5.36. The standard InChI is InChI=1S/C8H10O2S2/c1-3-12(10)8-5-4-7(11-8)6(2)9/h4-5H,3H2,1-2H3. The van der Waals surface area contributed by atoms with Crippen LogP contribution < -0.4 is 0 Å². The molecule has 1 heterocycles. The van der Waals surface area contributed by atoms with E-state index < -0.39 is 10.8 Å². The van der Waals surface area contributed by atoms with E-state index in [1.165, 1.54) is 18.3 Å². The molecule has 0 aliphatic heterocycles. The van der Waals surface area contributed by atoms with Gasteiger partial charge >= 0.3 is 0 Å². The molecule has 0 aromatic carbocycles. The monoisotopic (exact) mass is 202 g/mol. The van der Waals surface area contributed by atoms with Gasteiger partial charge in [-0.1, -0.05) is 6.92 Å². The summed E-state index contributed by atoms with van der Waals surface area (Å²) in [5.41, 5.74) is 0. The second kappa shape index (κ2) is 3.96. The molecule has 0 bridgehead atoms. The normalized spacial score (nSPS) is 12.8. The molecule has 0 spiro atoms. The first-order valence-electron chi connectivity index (χ1n) is 3.64. The highest BCUT2D eigenvalue weighted by Crippen LogP contribution is 2.20. The van der Waals surface area contributed by atoms with Crippen molar-refractivity contribution in [1.29, 1.82) is 0 Å². The zero-order chi connectivity index (χ0) is 9.14. The molecule has 1 atom stereocenters. The van der Waals surface area contributed by atoms with Crippen molar-refractivity contribution >= 4 is 27.9 Å². The first kappa shape index (κ1) is 9.61. The lowest BCUT2D eigenvalue weighted by atomic mass is 10.4. The lowest BCUT2D eigenvalue weighted by Gasteiger charge is -1.90. The number of carbonyl (C=O) groups excluding carboxylic acids is 1. The van der Waals surface area contributed by atoms with Crippen molar-refractivity contribution in [2.75, 3.05) is 5.75 Å². The number of rotatable bonds is 3. The number of hydrogen-bond donors (Lipinski definition) is 0. The van der Waals surface area contributed by atoms with Gasteiger partial charge in [-0.25, -0.2) is 0 Å². The van der Waals surface area contributed by atoms with Crippen LogP contribution in [0.15, 0.2) is 16.3 Å². The zero-order valence-electron chi connectivity index (χ0n) is 6.99. The van der Waals surface area contributed by atoms with E-state index in [9.17, 15) is 9.00 Å². The van der Waals surface area contributed by atoms with Gasteiger partial charge in [-0.05, 0) is 19.1 Å². The first-order chi connectivity index (χ1) is 5.65. The molecular formula is C8H10O2S2. The van der Waals surface area contributed by atoms with Crippen LogP contribution in [0.4, 0.5) is 0 Å². The van der Waals surface area contributed by atoms with E-state index in [1.807, 2.05) is 6.92 Å². The molecule has 0 N–H and O–H groups in total. The maximum Gasteiger partial charge on any atom is 0.169 e. The topological polar surface area (TPSA) is 34.1 Å². The van der Waals surface area contributed by atoms with Gasteiger partial charge in [0, 0.05) is 5.75 Å². The van der Waals surface area contributed by atoms with Gasteiger partial charge in [-0.2, -0.15) is 0 Å². The maximum absolute atomic E-state index is 11.3. The Balaban J connectivity index is 2.91. The Hall–Kier alpha value is -0.480. The lowest BCUT2D eigenvalue weighted by molar-refractivity contribution is 0.102. The molecule has 0 amide bonds. The molecule has 4 heteroatoms. The van der Waals surface area contributed by atoms with Crippen molar-refractivity contribution in [2.45, 2.75) is 18.1 Å². The van der Waals surface area contributed by atoms with E-state index in [1.54, 1.807) is 12.1 Å². The molecule has 1 aromatic rings. The lowest BCUT2D eigenvalue weighted by Crippen LogP contribution is -1.89. The summed E-state index contributed by atoms with van der Waals surface area (Å²) in [5, 5.41) is 0. The van der Waals surface area contributed by atoms with Crippen molar-refractivity contribution in [3.8, 4) is 0 Å². The van der Waals surface area contributed by atoms with Crippen molar-refractivity contribution in [3.63, 3.8) is 0 Å². The van der Waals surface area contributed by atoms with Crippen LogP contribution in [0.25, 0.3) is 0 Å². The average molecular weight is 202 g/mol. The Morgan fingerprint density at radius 2 is 2.25 bits per heavy atom. The third-order valence-electron chi connectivity index (χ3n) is 1.41. The van der Waals surface area contributed by atoms with Crippen molar-refractivity contribution in [1.82, 2.24) is 0 Å². The number of carbonyl (C=O) groups is 1. The molecule has 12 heavy (non-hydrogen) atoms. The molecule has 0 aliphatic rings. The largest absolute Gasteiger partial charge is 0.294 e. The average Bonchev–Trinajstić information content (AvgIpc) is 2.51. The van der Waals surface area contributed by atoms with Gasteiger partial charge in [0.05, 0.1) is 19.9 Å². The van der Waals surface area contributed by atoms with E-state index in [-0.39, 0.29) is 5.78 Å². The smallest absolute Gasteiger partial charge is 0.169 e. The Morgan fingerprint density at radius 3 is 2.67 bits per heavy atom. The van der Waals surface area contributed by atoms with Crippen LogP contribution in [0.3, 0.4) is 0 Å². The SMILES string of the molecule is CCS(=O)c1ccc(C(C)=O)s1. The summed E-state index contributed by atoms with van der Waals surface area (Å²) in [5.74, 6) is 0.650. The summed E-state index contributed by atoms with van der Waals surface area (Å²) in [6, 6.07) is 3.50. The molecule has 1 unspecified atom stereocenters.